The van der Waals surface area contributed by atoms with Gasteiger partial charge in [-0.05, 0) is 13.0 Å². The zero-order chi connectivity index (χ0) is 13.1. The normalized spacial score (nSPS) is 10.3. The van der Waals surface area contributed by atoms with Crippen LogP contribution in [0.25, 0.3) is 5.69 Å². The fourth-order valence-corrected chi connectivity index (χ4v) is 1.38. The van der Waals surface area contributed by atoms with E-state index in [-0.39, 0.29) is 18.1 Å². The van der Waals surface area contributed by atoms with Crippen molar-refractivity contribution in [2.75, 3.05) is 6.61 Å². The summed E-state index contributed by atoms with van der Waals surface area (Å²) in [6.45, 7) is 1.82. The first-order valence-electron chi connectivity index (χ1n) is 5.19. The molecule has 0 aliphatic carbocycles. The second-order valence-corrected chi connectivity index (χ2v) is 3.36. The lowest BCUT2D eigenvalue weighted by molar-refractivity contribution is 0.0515. The van der Waals surface area contributed by atoms with Gasteiger partial charge in [-0.25, -0.2) is 14.5 Å². The van der Waals surface area contributed by atoms with E-state index in [9.17, 15) is 14.3 Å². The number of rotatable bonds is 3. The standard InChI is InChI=1S/C11H10FN3O3/c1-2-18-11(17)10-8(16)6-15(14-10)7-3-4-13-9(12)5-7/h3-6,16H,2H2,1H3. The monoisotopic (exact) mass is 251 g/mol. The molecule has 1 N–H and O–H groups in total. The largest absolute Gasteiger partial charge is 0.504 e. The minimum atomic E-state index is -0.733. The van der Waals surface area contributed by atoms with Crippen molar-refractivity contribution in [1.29, 1.82) is 0 Å². The second-order valence-electron chi connectivity index (χ2n) is 3.36. The molecule has 2 aromatic rings. The van der Waals surface area contributed by atoms with Crippen molar-refractivity contribution in [1.82, 2.24) is 14.8 Å². The van der Waals surface area contributed by atoms with Crippen molar-refractivity contribution in [2.24, 2.45) is 0 Å². The van der Waals surface area contributed by atoms with Gasteiger partial charge in [-0.3, -0.25) is 0 Å². The first-order valence-corrected chi connectivity index (χ1v) is 5.19. The Kier molecular flexibility index (Phi) is 3.22. The number of aromatic hydroxyl groups is 1. The molecule has 0 saturated carbocycles. The summed E-state index contributed by atoms with van der Waals surface area (Å²) in [7, 11) is 0. The fraction of sp³-hybridized carbons (Fsp3) is 0.182. The topological polar surface area (TPSA) is 77.2 Å². The van der Waals surface area contributed by atoms with Gasteiger partial charge in [-0.1, -0.05) is 0 Å². The smallest absolute Gasteiger partial charge is 0.362 e. The molecule has 2 heterocycles. The van der Waals surface area contributed by atoms with E-state index in [0.717, 1.165) is 6.07 Å². The third-order valence-electron chi connectivity index (χ3n) is 2.14. The molecule has 0 amide bonds. The summed E-state index contributed by atoms with van der Waals surface area (Å²) in [4.78, 5) is 14.8. The van der Waals surface area contributed by atoms with Gasteiger partial charge in [0, 0.05) is 12.3 Å². The van der Waals surface area contributed by atoms with Crippen LogP contribution >= 0.6 is 0 Å². The van der Waals surface area contributed by atoms with Crippen molar-refractivity contribution in [2.45, 2.75) is 6.92 Å². The summed E-state index contributed by atoms with van der Waals surface area (Å²) in [5.41, 5.74) is 0.127. The SMILES string of the molecule is CCOC(=O)c1nn(-c2ccnc(F)c2)cc1O. The Labute approximate surface area is 102 Å². The predicted octanol–water partition coefficient (Wildman–Crippen LogP) is 1.29. The molecule has 0 spiro atoms. The van der Waals surface area contributed by atoms with Gasteiger partial charge in [-0.2, -0.15) is 9.49 Å². The average Bonchev–Trinajstić information content (AvgIpc) is 2.72. The molecular weight excluding hydrogens is 241 g/mol. The predicted molar refractivity (Wildman–Crippen MR) is 58.9 cm³/mol. The van der Waals surface area contributed by atoms with Gasteiger partial charge in [-0.15, -0.1) is 0 Å². The summed E-state index contributed by atoms with van der Waals surface area (Å²) in [5.74, 6) is -1.74. The van der Waals surface area contributed by atoms with Crippen molar-refractivity contribution in [3.63, 3.8) is 0 Å². The van der Waals surface area contributed by atoms with Crippen molar-refractivity contribution in [3.05, 3.63) is 36.2 Å². The number of nitrogens with zero attached hydrogens (tertiary/aromatic N) is 3. The average molecular weight is 251 g/mol. The summed E-state index contributed by atoms with van der Waals surface area (Å²) in [5, 5.41) is 13.4. The molecule has 0 fully saturated rings. The van der Waals surface area contributed by atoms with Gasteiger partial charge in [0.05, 0.1) is 18.5 Å². The zero-order valence-corrected chi connectivity index (χ0v) is 9.50. The maximum Gasteiger partial charge on any atom is 0.362 e. The van der Waals surface area contributed by atoms with Crippen molar-refractivity contribution in [3.8, 4) is 11.4 Å². The van der Waals surface area contributed by atoms with Crippen LogP contribution in [0.15, 0.2) is 24.5 Å². The molecule has 0 aliphatic heterocycles. The van der Waals surface area contributed by atoms with Crippen LogP contribution < -0.4 is 0 Å². The summed E-state index contributed by atoms with van der Waals surface area (Å²) in [6.07, 6.45) is 2.45. The maximum absolute atomic E-state index is 12.9. The van der Waals surface area contributed by atoms with Crippen LogP contribution in [0.4, 0.5) is 4.39 Å². The van der Waals surface area contributed by atoms with E-state index in [0.29, 0.717) is 5.69 Å². The molecule has 6 nitrogen and oxygen atoms in total. The number of pyridine rings is 1. The minimum absolute atomic E-state index is 0.176. The molecule has 2 aromatic heterocycles. The molecule has 18 heavy (non-hydrogen) atoms. The Morgan fingerprint density at radius 3 is 3.06 bits per heavy atom. The number of hydrogen-bond acceptors (Lipinski definition) is 5. The van der Waals surface area contributed by atoms with Crippen LogP contribution in [0.5, 0.6) is 5.75 Å². The molecule has 0 aliphatic rings. The number of halogens is 1. The molecule has 0 unspecified atom stereocenters. The zero-order valence-electron chi connectivity index (χ0n) is 9.50. The van der Waals surface area contributed by atoms with Gasteiger partial charge in [0.1, 0.15) is 0 Å². The first-order chi connectivity index (χ1) is 8.61. The van der Waals surface area contributed by atoms with Crippen LogP contribution in [0.1, 0.15) is 17.4 Å². The Hall–Kier alpha value is -2.44. The molecule has 94 valence electrons. The van der Waals surface area contributed by atoms with Gasteiger partial charge < -0.3 is 9.84 Å². The number of aromatic nitrogens is 3. The van der Waals surface area contributed by atoms with E-state index >= 15 is 0 Å². The molecule has 0 aromatic carbocycles. The highest BCUT2D eigenvalue weighted by Crippen LogP contribution is 2.18. The second kappa shape index (κ2) is 4.82. The summed E-state index contributed by atoms with van der Waals surface area (Å²) in [6, 6.07) is 2.62. The van der Waals surface area contributed by atoms with Crippen molar-refractivity contribution < 1.29 is 19.0 Å². The Bertz CT molecular complexity index is 583. The minimum Gasteiger partial charge on any atom is -0.504 e. The van der Waals surface area contributed by atoms with Gasteiger partial charge in [0.25, 0.3) is 0 Å². The first kappa shape index (κ1) is 12.0. The highest BCUT2D eigenvalue weighted by atomic mass is 19.1. The lowest BCUT2D eigenvalue weighted by Gasteiger charge is -2.00. The van der Waals surface area contributed by atoms with Crippen molar-refractivity contribution >= 4 is 5.97 Å². The van der Waals surface area contributed by atoms with E-state index in [4.69, 9.17) is 4.74 Å². The maximum atomic E-state index is 12.9. The lowest BCUT2D eigenvalue weighted by atomic mass is 10.4. The van der Waals surface area contributed by atoms with E-state index in [1.54, 1.807) is 6.92 Å². The van der Waals surface area contributed by atoms with Crippen LogP contribution in [0.2, 0.25) is 0 Å². The van der Waals surface area contributed by atoms with E-state index < -0.39 is 11.9 Å². The highest BCUT2D eigenvalue weighted by molar-refractivity contribution is 5.90. The van der Waals surface area contributed by atoms with Gasteiger partial charge in [0.2, 0.25) is 11.6 Å². The number of hydrogen-bond donors (Lipinski definition) is 1. The molecule has 0 saturated heterocycles. The number of carbonyl (C=O) groups excluding carboxylic acids is 1. The van der Waals surface area contributed by atoms with Gasteiger partial charge in [0.15, 0.2) is 5.75 Å². The molecule has 7 heteroatoms. The lowest BCUT2D eigenvalue weighted by Crippen LogP contribution is -2.07. The Morgan fingerprint density at radius 2 is 2.39 bits per heavy atom. The quantitative estimate of drug-likeness (QED) is 0.657. The number of ether oxygens (including phenoxy) is 1. The van der Waals surface area contributed by atoms with Crippen LogP contribution in [-0.4, -0.2) is 32.4 Å². The molecule has 0 atom stereocenters. The van der Waals surface area contributed by atoms with Crippen LogP contribution in [0.3, 0.4) is 0 Å². The molecular formula is C11H10FN3O3. The van der Waals surface area contributed by atoms with Crippen LogP contribution in [-0.2, 0) is 4.74 Å². The van der Waals surface area contributed by atoms with E-state index in [1.807, 2.05) is 0 Å². The van der Waals surface area contributed by atoms with E-state index in [2.05, 4.69) is 10.1 Å². The Balaban J connectivity index is 2.37. The molecule has 0 bridgehead atoms. The molecule has 0 radical (unpaired) electrons. The third kappa shape index (κ3) is 2.29. The van der Waals surface area contributed by atoms with E-state index in [1.165, 1.54) is 23.1 Å². The fourth-order valence-electron chi connectivity index (χ4n) is 1.38. The third-order valence-corrected chi connectivity index (χ3v) is 2.14. The van der Waals surface area contributed by atoms with Crippen LogP contribution in [0, 0.1) is 5.95 Å². The summed E-state index contributed by atoms with van der Waals surface area (Å²) < 4.78 is 18.8. The number of carbonyl (C=O) groups is 1. The Morgan fingerprint density at radius 1 is 1.61 bits per heavy atom. The highest BCUT2D eigenvalue weighted by Gasteiger charge is 2.18. The number of esters is 1. The summed E-state index contributed by atoms with van der Waals surface area (Å²) >= 11 is 0. The van der Waals surface area contributed by atoms with Gasteiger partial charge >= 0.3 is 5.97 Å². The molecule has 2 rings (SSSR count).